The number of hydrogen-bond acceptors (Lipinski definition) is 1. The maximum absolute atomic E-state index is 12.4. The molecule has 64 valence electrons. The highest BCUT2D eigenvalue weighted by Crippen LogP contribution is 2.04. The molecule has 1 aromatic carbocycles. The third kappa shape index (κ3) is 2.84. The topological polar surface area (TPSA) is 20.2 Å². The van der Waals surface area contributed by atoms with Gasteiger partial charge >= 0.3 is 0 Å². The van der Waals surface area contributed by atoms with Gasteiger partial charge in [0.1, 0.15) is 5.82 Å². The minimum Gasteiger partial charge on any atom is -0.396 e. The molecule has 0 heterocycles. The SMILES string of the molecule is OCC/C=C\c1ccc(F)cc1. The summed E-state index contributed by atoms with van der Waals surface area (Å²) in [6.07, 6.45) is 4.35. The Bertz CT molecular complexity index is 251. The predicted octanol–water partition coefficient (Wildman–Crippen LogP) is 2.22. The van der Waals surface area contributed by atoms with Gasteiger partial charge in [0.2, 0.25) is 0 Å². The lowest BCUT2D eigenvalue weighted by Crippen LogP contribution is -1.77. The summed E-state index contributed by atoms with van der Waals surface area (Å²) >= 11 is 0. The first-order chi connectivity index (χ1) is 5.83. The molecule has 1 nitrogen and oxygen atoms in total. The smallest absolute Gasteiger partial charge is 0.123 e. The summed E-state index contributed by atoms with van der Waals surface area (Å²) in [5, 5.41) is 8.48. The quantitative estimate of drug-likeness (QED) is 0.730. The molecule has 0 radical (unpaired) electrons. The van der Waals surface area contributed by atoms with Crippen molar-refractivity contribution < 1.29 is 9.50 Å². The molecule has 0 spiro atoms. The molecule has 1 N–H and O–H groups in total. The van der Waals surface area contributed by atoms with Crippen LogP contribution in [-0.4, -0.2) is 11.7 Å². The summed E-state index contributed by atoms with van der Waals surface area (Å²) < 4.78 is 12.4. The van der Waals surface area contributed by atoms with Gasteiger partial charge in [0.15, 0.2) is 0 Å². The molecular formula is C10H11FO. The van der Waals surface area contributed by atoms with Crippen molar-refractivity contribution in [2.24, 2.45) is 0 Å². The highest BCUT2D eigenvalue weighted by atomic mass is 19.1. The van der Waals surface area contributed by atoms with Crippen LogP contribution in [0, 0.1) is 5.82 Å². The van der Waals surface area contributed by atoms with Crippen LogP contribution in [0.1, 0.15) is 12.0 Å². The van der Waals surface area contributed by atoms with Crippen molar-refractivity contribution in [3.8, 4) is 0 Å². The third-order valence-corrected chi connectivity index (χ3v) is 1.48. The highest BCUT2D eigenvalue weighted by molar-refractivity contribution is 5.48. The van der Waals surface area contributed by atoms with Crippen molar-refractivity contribution in [2.45, 2.75) is 6.42 Å². The summed E-state index contributed by atoms with van der Waals surface area (Å²) in [6.45, 7) is 0.150. The lowest BCUT2D eigenvalue weighted by atomic mass is 10.2. The van der Waals surface area contributed by atoms with Gasteiger partial charge in [-0.25, -0.2) is 4.39 Å². The van der Waals surface area contributed by atoms with Crippen LogP contribution in [0.3, 0.4) is 0 Å². The third-order valence-electron chi connectivity index (χ3n) is 1.48. The monoisotopic (exact) mass is 166 g/mol. The zero-order valence-corrected chi connectivity index (χ0v) is 6.70. The van der Waals surface area contributed by atoms with Crippen molar-refractivity contribution in [1.82, 2.24) is 0 Å². The van der Waals surface area contributed by atoms with Crippen LogP contribution in [0.2, 0.25) is 0 Å². The van der Waals surface area contributed by atoms with Gasteiger partial charge in [0, 0.05) is 6.61 Å². The van der Waals surface area contributed by atoms with E-state index in [4.69, 9.17) is 5.11 Å². The number of aliphatic hydroxyl groups is 1. The number of hydrogen-bond donors (Lipinski definition) is 1. The number of rotatable bonds is 3. The molecule has 0 saturated carbocycles. The molecule has 12 heavy (non-hydrogen) atoms. The predicted molar refractivity (Wildman–Crippen MR) is 47.1 cm³/mol. The lowest BCUT2D eigenvalue weighted by molar-refractivity contribution is 0.303. The Labute approximate surface area is 71.2 Å². The van der Waals surface area contributed by atoms with Crippen LogP contribution >= 0.6 is 0 Å². The fourth-order valence-electron chi connectivity index (χ4n) is 0.868. The maximum Gasteiger partial charge on any atom is 0.123 e. The minimum atomic E-state index is -0.227. The average Bonchev–Trinajstić information content (AvgIpc) is 2.09. The van der Waals surface area contributed by atoms with Crippen LogP contribution in [0.5, 0.6) is 0 Å². The van der Waals surface area contributed by atoms with Crippen LogP contribution in [-0.2, 0) is 0 Å². The first-order valence-electron chi connectivity index (χ1n) is 3.86. The van der Waals surface area contributed by atoms with Crippen molar-refractivity contribution in [1.29, 1.82) is 0 Å². The van der Waals surface area contributed by atoms with Gasteiger partial charge in [0.25, 0.3) is 0 Å². The Morgan fingerprint density at radius 1 is 1.25 bits per heavy atom. The Morgan fingerprint density at radius 3 is 2.50 bits per heavy atom. The zero-order valence-electron chi connectivity index (χ0n) is 6.70. The van der Waals surface area contributed by atoms with E-state index in [1.807, 2.05) is 12.2 Å². The van der Waals surface area contributed by atoms with E-state index in [-0.39, 0.29) is 12.4 Å². The molecule has 0 aromatic heterocycles. The first kappa shape index (κ1) is 8.94. The summed E-state index contributed by atoms with van der Waals surface area (Å²) in [4.78, 5) is 0. The average molecular weight is 166 g/mol. The molecule has 0 saturated heterocycles. The Hall–Kier alpha value is -1.15. The first-order valence-corrected chi connectivity index (χ1v) is 3.86. The van der Waals surface area contributed by atoms with Gasteiger partial charge in [-0.05, 0) is 24.1 Å². The van der Waals surface area contributed by atoms with Crippen LogP contribution in [0.15, 0.2) is 30.3 Å². The normalized spacial score (nSPS) is 10.8. The second-order valence-electron chi connectivity index (χ2n) is 2.47. The van der Waals surface area contributed by atoms with Gasteiger partial charge in [-0.15, -0.1) is 0 Å². The maximum atomic E-state index is 12.4. The van der Waals surface area contributed by atoms with E-state index in [1.165, 1.54) is 12.1 Å². The second kappa shape index (κ2) is 4.67. The molecule has 2 heteroatoms. The largest absolute Gasteiger partial charge is 0.396 e. The van der Waals surface area contributed by atoms with Crippen molar-refractivity contribution in [3.63, 3.8) is 0 Å². The summed E-state index contributed by atoms with van der Waals surface area (Å²) in [7, 11) is 0. The molecule has 0 aliphatic heterocycles. The molecular weight excluding hydrogens is 155 g/mol. The summed E-state index contributed by atoms with van der Waals surface area (Å²) in [6, 6.07) is 6.23. The minimum absolute atomic E-state index is 0.150. The van der Waals surface area contributed by atoms with Crippen molar-refractivity contribution in [3.05, 3.63) is 41.7 Å². The van der Waals surface area contributed by atoms with Gasteiger partial charge in [-0.3, -0.25) is 0 Å². The van der Waals surface area contributed by atoms with Gasteiger partial charge in [-0.1, -0.05) is 24.3 Å². The zero-order chi connectivity index (χ0) is 8.81. The number of benzene rings is 1. The molecule has 0 bridgehead atoms. The molecule has 0 amide bonds. The second-order valence-corrected chi connectivity index (χ2v) is 2.47. The number of aliphatic hydroxyl groups excluding tert-OH is 1. The van der Waals surface area contributed by atoms with E-state index in [2.05, 4.69) is 0 Å². The molecule has 0 atom stereocenters. The van der Waals surface area contributed by atoms with E-state index in [0.29, 0.717) is 6.42 Å². The molecule has 1 aromatic rings. The lowest BCUT2D eigenvalue weighted by Gasteiger charge is -1.91. The van der Waals surface area contributed by atoms with Gasteiger partial charge in [-0.2, -0.15) is 0 Å². The van der Waals surface area contributed by atoms with E-state index in [0.717, 1.165) is 5.56 Å². The fourth-order valence-corrected chi connectivity index (χ4v) is 0.868. The molecule has 0 fully saturated rings. The summed E-state index contributed by atoms with van der Waals surface area (Å²) in [5.74, 6) is -0.227. The fraction of sp³-hybridized carbons (Fsp3) is 0.200. The molecule has 0 aliphatic rings. The Kier molecular flexibility index (Phi) is 3.48. The molecule has 1 rings (SSSR count). The molecule has 0 unspecified atom stereocenters. The molecule has 0 aliphatic carbocycles. The van der Waals surface area contributed by atoms with Crippen LogP contribution in [0.25, 0.3) is 6.08 Å². The van der Waals surface area contributed by atoms with E-state index >= 15 is 0 Å². The van der Waals surface area contributed by atoms with E-state index in [1.54, 1.807) is 12.1 Å². The van der Waals surface area contributed by atoms with Crippen molar-refractivity contribution in [2.75, 3.05) is 6.61 Å². The van der Waals surface area contributed by atoms with E-state index in [9.17, 15) is 4.39 Å². The Morgan fingerprint density at radius 2 is 1.92 bits per heavy atom. The van der Waals surface area contributed by atoms with Gasteiger partial charge in [0.05, 0.1) is 0 Å². The van der Waals surface area contributed by atoms with Gasteiger partial charge < -0.3 is 5.11 Å². The standard InChI is InChI=1S/C10H11FO/c11-10-6-4-9(5-7-10)3-1-2-8-12/h1,3-7,12H,2,8H2/b3-1-. The summed E-state index contributed by atoms with van der Waals surface area (Å²) in [5.41, 5.74) is 0.949. The van der Waals surface area contributed by atoms with E-state index < -0.39 is 0 Å². The Balaban J connectivity index is 2.58. The number of halogens is 1. The van der Waals surface area contributed by atoms with Crippen LogP contribution in [0.4, 0.5) is 4.39 Å². The highest BCUT2D eigenvalue weighted by Gasteiger charge is 1.87. The van der Waals surface area contributed by atoms with Crippen molar-refractivity contribution >= 4 is 6.08 Å². The van der Waals surface area contributed by atoms with Crippen LogP contribution < -0.4 is 0 Å².